The van der Waals surface area contributed by atoms with Crippen LogP contribution in [0.4, 0.5) is 0 Å². The van der Waals surface area contributed by atoms with E-state index in [1.54, 1.807) is 7.11 Å². The van der Waals surface area contributed by atoms with Gasteiger partial charge in [-0.2, -0.15) is 0 Å². The van der Waals surface area contributed by atoms with E-state index in [9.17, 15) is 8.42 Å². The van der Waals surface area contributed by atoms with Crippen LogP contribution in [-0.4, -0.2) is 46.2 Å². The number of sulfone groups is 1. The molecular formula is C13H29NO3S. The van der Waals surface area contributed by atoms with Crippen molar-refractivity contribution in [1.29, 1.82) is 0 Å². The quantitative estimate of drug-likeness (QED) is 0.737. The molecular weight excluding hydrogens is 250 g/mol. The zero-order valence-corrected chi connectivity index (χ0v) is 13.4. The molecule has 4 nitrogen and oxygen atoms in total. The summed E-state index contributed by atoms with van der Waals surface area (Å²) in [5.74, 6) is 0.199. The molecule has 0 amide bonds. The van der Waals surface area contributed by atoms with Crippen molar-refractivity contribution in [1.82, 2.24) is 5.32 Å². The van der Waals surface area contributed by atoms with Crippen molar-refractivity contribution in [3.8, 4) is 0 Å². The molecule has 0 aromatic rings. The van der Waals surface area contributed by atoms with Crippen LogP contribution in [0.25, 0.3) is 0 Å². The highest BCUT2D eigenvalue weighted by molar-refractivity contribution is 7.90. The summed E-state index contributed by atoms with van der Waals surface area (Å²) < 4.78 is 28.2. The Morgan fingerprint density at radius 1 is 1.28 bits per heavy atom. The van der Waals surface area contributed by atoms with Gasteiger partial charge < -0.3 is 10.1 Å². The minimum atomic E-state index is -2.93. The molecule has 0 heterocycles. The summed E-state index contributed by atoms with van der Waals surface area (Å²) in [5.41, 5.74) is -0.0162. The van der Waals surface area contributed by atoms with E-state index in [1.165, 1.54) is 6.26 Å². The Balaban J connectivity index is 4.73. The molecule has 2 unspecified atom stereocenters. The lowest BCUT2D eigenvalue weighted by molar-refractivity contribution is -0.0117. The number of hydrogen-bond donors (Lipinski definition) is 1. The number of rotatable bonds is 8. The maximum absolute atomic E-state index is 11.3. The average Bonchev–Trinajstić information content (AvgIpc) is 2.19. The fourth-order valence-electron chi connectivity index (χ4n) is 2.15. The van der Waals surface area contributed by atoms with Crippen molar-refractivity contribution in [2.75, 3.05) is 25.7 Å². The fourth-order valence-corrected chi connectivity index (χ4v) is 2.83. The minimum absolute atomic E-state index is 0.00537. The molecule has 0 aliphatic rings. The van der Waals surface area contributed by atoms with Gasteiger partial charge in [-0.25, -0.2) is 8.42 Å². The molecule has 0 aliphatic carbocycles. The van der Waals surface area contributed by atoms with Gasteiger partial charge in [0.05, 0.1) is 11.9 Å². The third-order valence-electron chi connectivity index (χ3n) is 2.93. The van der Waals surface area contributed by atoms with Crippen molar-refractivity contribution < 1.29 is 13.2 Å². The Bertz CT molecular complexity index is 320. The maximum atomic E-state index is 11.3. The van der Waals surface area contributed by atoms with Gasteiger partial charge in [-0.1, -0.05) is 27.7 Å². The molecule has 0 radical (unpaired) electrons. The Morgan fingerprint density at radius 3 is 2.17 bits per heavy atom. The molecule has 0 saturated carbocycles. The Hall–Kier alpha value is -0.130. The second-order valence-corrected chi connectivity index (χ2v) is 8.26. The van der Waals surface area contributed by atoms with Crippen molar-refractivity contribution in [2.45, 2.75) is 52.7 Å². The number of ether oxygens (including phenoxy) is 1. The van der Waals surface area contributed by atoms with Crippen molar-refractivity contribution in [3.63, 3.8) is 0 Å². The highest BCUT2D eigenvalue weighted by Gasteiger charge is 2.32. The van der Waals surface area contributed by atoms with Crippen LogP contribution < -0.4 is 5.32 Å². The van der Waals surface area contributed by atoms with Crippen LogP contribution in [-0.2, 0) is 14.6 Å². The van der Waals surface area contributed by atoms with E-state index in [-0.39, 0.29) is 23.3 Å². The van der Waals surface area contributed by atoms with Gasteiger partial charge in [0, 0.05) is 19.4 Å². The molecule has 5 heteroatoms. The molecule has 0 fully saturated rings. The van der Waals surface area contributed by atoms with Crippen LogP contribution in [0, 0.1) is 5.41 Å². The molecule has 0 aliphatic heterocycles. The first-order valence-electron chi connectivity index (χ1n) is 6.55. The zero-order chi connectivity index (χ0) is 14.4. The highest BCUT2D eigenvalue weighted by Crippen LogP contribution is 2.26. The van der Waals surface area contributed by atoms with E-state index >= 15 is 0 Å². The van der Waals surface area contributed by atoms with E-state index in [0.717, 1.165) is 13.0 Å². The van der Waals surface area contributed by atoms with Crippen molar-refractivity contribution in [2.24, 2.45) is 5.41 Å². The second kappa shape index (κ2) is 7.46. The predicted octanol–water partition coefficient (Wildman–Crippen LogP) is 1.85. The largest absolute Gasteiger partial charge is 0.379 e. The van der Waals surface area contributed by atoms with Gasteiger partial charge in [0.2, 0.25) is 0 Å². The third kappa shape index (κ3) is 7.34. The molecule has 0 rings (SSSR count). The molecule has 0 saturated heterocycles. The lowest BCUT2D eigenvalue weighted by atomic mass is 9.83. The number of methoxy groups -OCH3 is 1. The lowest BCUT2D eigenvalue weighted by Crippen LogP contribution is -2.48. The lowest BCUT2D eigenvalue weighted by Gasteiger charge is -2.36. The van der Waals surface area contributed by atoms with E-state index in [4.69, 9.17) is 4.74 Å². The summed E-state index contributed by atoms with van der Waals surface area (Å²) in [4.78, 5) is 0. The summed E-state index contributed by atoms with van der Waals surface area (Å²) in [6.07, 6.45) is 2.90. The van der Waals surface area contributed by atoms with Gasteiger partial charge >= 0.3 is 0 Å². The minimum Gasteiger partial charge on any atom is -0.379 e. The SMILES string of the molecule is CCCNC(CCS(C)(=O)=O)C(OC)C(C)(C)C. The van der Waals surface area contributed by atoms with Gasteiger partial charge in [0.25, 0.3) is 0 Å². The maximum Gasteiger partial charge on any atom is 0.147 e. The first-order valence-corrected chi connectivity index (χ1v) is 8.61. The van der Waals surface area contributed by atoms with Crippen molar-refractivity contribution >= 4 is 9.84 Å². The standard InChI is InChI=1S/C13H29NO3S/c1-7-9-14-11(8-10-18(6,15)16)12(17-5)13(2,3)4/h11-12,14H,7-10H2,1-6H3. The second-order valence-electron chi connectivity index (χ2n) is 6.00. The molecule has 2 atom stereocenters. The van der Waals surface area contributed by atoms with Crippen LogP contribution in [0.15, 0.2) is 0 Å². The molecule has 0 bridgehead atoms. The molecule has 18 heavy (non-hydrogen) atoms. The van der Waals surface area contributed by atoms with E-state index in [2.05, 4.69) is 33.0 Å². The zero-order valence-electron chi connectivity index (χ0n) is 12.6. The van der Waals surface area contributed by atoms with Crippen LogP contribution in [0.5, 0.6) is 0 Å². The number of nitrogens with one attached hydrogen (secondary N) is 1. The van der Waals surface area contributed by atoms with E-state index in [1.807, 2.05) is 0 Å². The summed E-state index contributed by atoms with van der Waals surface area (Å²) in [6, 6.07) is 0.0738. The Morgan fingerprint density at radius 2 is 1.83 bits per heavy atom. The number of hydrogen-bond acceptors (Lipinski definition) is 4. The Kier molecular flexibility index (Phi) is 7.40. The monoisotopic (exact) mass is 279 g/mol. The van der Waals surface area contributed by atoms with Gasteiger partial charge in [0.15, 0.2) is 0 Å². The van der Waals surface area contributed by atoms with E-state index in [0.29, 0.717) is 6.42 Å². The molecule has 1 N–H and O–H groups in total. The van der Waals surface area contributed by atoms with Crippen LogP contribution >= 0.6 is 0 Å². The van der Waals surface area contributed by atoms with Crippen LogP contribution in [0.1, 0.15) is 40.5 Å². The molecule has 0 aromatic heterocycles. The molecule has 0 spiro atoms. The summed E-state index contributed by atoms with van der Waals surface area (Å²) in [5, 5.41) is 3.41. The normalized spacial score (nSPS) is 16.6. The highest BCUT2D eigenvalue weighted by atomic mass is 32.2. The van der Waals surface area contributed by atoms with Gasteiger partial charge in [-0.3, -0.25) is 0 Å². The molecule has 110 valence electrons. The average molecular weight is 279 g/mol. The van der Waals surface area contributed by atoms with Gasteiger partial charge in [0.1, 0.15) is 9.84 Å². The van der Waals surface area contributed by atoms with Crippen LogP contribution in [0.3, 0.4) is 0 Å². The third-order valence-corrected chi connectivity index (χ3v) is 3.91. The summed E-state index contributed by atoms with van der Waals surface area (Å²) >= 11 is 0. The predicted molar refractivity (Wildman–Crippen MR) is 76.7 cm³/mol. The van der Waals surface area contributed by atoms with E-state index < -0.39 is 9.84 Å². The fraction of sp³-hybridized carbons (Fsp3) is 1.00. The topological polar surface area (TPSA) is 55.4 Å². The van der Waals surface area contributed by atoms with Gasteiger partial charge in [-0.15, -0.1) is 0 Å². The first kappa shape index (κ1) is 17.9. The van der Waals surface area contributed by atoms with Crippen LogP contribution in [0.2, 0.25) is 0 Å². The van der Waals surface area contributed by atoms with Crippen molar-refractivity contribution in [3.05, 3.63) is 0 Å². The summed E-state index contributed by atoms with van der Waals surface area (Å²) in [6.45, 7) is 9.32. The molecule has 0 aromatic carbocycles. The summed E-state index contributed by atoms with van der Waals surface area (Å²) in [7, 11) is -1.24. The Labute approximate surface area is 112 Å². The first-order chi connectivity index (χ1) is 8.11. The van der Waals surface area contributed by atoms with Gasteiger partial charge in [-0.05, 0) is 24.8 Å². The smallest absolute Gasteiger partial charge is 0.147 e.